The highest BCUT2D eigenvalue weighted by molar-refractivity contribution is 5.95. The average molecular weight is 617 g/mol. The first-order chi connectivity index (χ1) is 21.5. The molecular formula is C34H44N6O5. The Morgan fingerprint density at radius 3 is 1.71 bits per heavy atom. The van der Waals surface area contributed by atoms with E-state index in [0.29, 0.717) is 12.8 Å². The van der Waals surface area contributed by atoms with Crippen LogP contribution in [0.15, 0.2) is 60.9 Å². The lowest BCUT2D eigenvalue weighted by molar-refractivity contribution is -0.142. The molecule has 0 fully saturated rings. The molecule has 3 amide bonds. The molecular weight excluding hydrogens is 572 g/mol. The van der Waals surface area contributed by atoms with Gasteiger partial charge in [0.15, 0.2) is 0 Å². The third-order valence-electron chi connectivity index (χ3n) is 8.80. The number of para-hydroxylation sites is 2. The molecule has 2 heterocycles. The number of rotatable bonds is 15. The molecule has 4 rings (SSSR count). The number of hydrogen-bond donors (Lipinski definition) is 7. The zero-order chi connectivity index (χ0) is 32.7. The molecule has 0 bridgehead atoms. The molecule has 0 radical (unpaired) electrons. The molecule has 8 N–H and O–H groups in total. The molecule has 2 aromatic heterocycles. The molecule has 0 aliphatic carbocycles. The van der Waals surface area contributed by atoms with Gasteiger partial charge in [-0.05, 0) is 35.1 Å². The van der Waals surface area contributed by atoms with Gasteiger partial charge in [0.1, 0.15) is 18.1 Å². The van der Waals surface area contributed by atoms with Crippen molar-refractivity contribution in [3.8, 4) is 0 Å². The van der Waals surface area contributed by atoms with Crippen molar-refractivity contribution in [3.63, 3.8) is 0 Å². The van der Waals surface area contributed by atoms with E-state index in [1.807, 2.05) is 76.2 Å². The van der Waals surface area contributed by atoms with Crippen LogP contribution in [0, 0.1) is 11.8 Å². The number of fused-ring (bicyclic) bond motifs is 2. The summed E-state index contributed by atoms with van der Waals surface area (Å²) in [5.41, 5.74) is 9.40. The Bertz CT molecular complexity index is 1640. The van der Waals surface area contributed by atoms with Crippen molar-refractivity contribution < 1.29 is 24.3 Å². The topological polar surface area (TPSA) is 182 Å². The molecule has 2 aromatic carbocycles. The Balaban J connectivity index is 1.60. The van der Waals surface area contributed by atoms with E-state index in [2.05, 4.69) is 25.9 Å². The van der Waals surface area contributed by atoms with Crippen LogP contribution in [0.1, 0.15) is 51.7 Å². The first-order valence-electron chi connectivity index (χ1n) is 15.5. The van der Waals surface area contributed by atoms with Crippen LogP contribution in [0.4, 0.5) is 0 Å². The van der Waals surface area contributed by atoms with Gasteiger partial charge in [0.05, 0.1) is 6.04 Å². The van der Waals surface area contributed by atoms with Crippen LogP contribution < -0.4 is 21.7 Å². The molecule has 0 saturated carbocycles. The minimum Gasteiger partial charge on any atom is -0.480 e. The summed E-state index contributed by atoms with van der Waals surface area (Å²) < 4.78 is 0. The van der Waals surface area contributed by atoms with Crippen LogP contribution in [0.2, 0.25) is 0 Å². The highest BCUT2D eigenvalue weighted by Crippen LogP contribution is 2.21. The molecule has 0 aliphatic heterocycles. The largest absolute Gasteiger partial charge is 0.480 e. The maximum absolute atomic E-state index is 13.9. The lowest BCUT2D eigenvalue weighted by Crippen LogP contribution is -2.59. The second-order valence-corrected chi connectivity index (χ2v) is 11.9. The first-order valence-corrected chi connectivity index (χ1v) is 15.5. The Kier molecular flexibility index (Phi) is 11.0. The van der Waals surface area contributed by atoms with E-state index in [4.69, 9.17) is 5.73 Å². The fraction of sp³-hybridized carbons (Fsp3) is 0.412. The number of hydrogen-bond acceptors (Lipinski definition) is 5. The number of nitrogens with one attached hydrogen (secondary N) is 5. The maximum Gasteiger partial charge on any atom is 0.326 e. The van der Waals surface area contributed by atoms with Crippen LogP contribution in [-0.2, 0) is 32.0 Å². The van der Waals surface area contributed by atoms with E-state index in [0.717, 1.165) is 32.9 Å². The van der Waals surface area contributed by atoms with Gasteiger partial charge < -0.3 is 36.8 Å². The number of aliphatic carboxylic acids is 1. The lowest BCUT2D eigenvalue weighted by atomic mass is 9.95. The second kappa shape index (κ2) is 14.9. The number of nitrogens with two attached hydrogens (primary N) is 1. The Morgan fingerprint density at radius 2 is 1.20 bits per heavy atom. The van der Waals surface area contributed by atoms with E-state index in [1.54, 1.807) is 12.4 Å². The van der Waals surface area contributed by atoms with Crippen molar-refractivity contribution in [2.24, 2.45) is 17.6 Å². The van der Waals surface area contributed by atoms with Crippen LogP contribution in [-0.4, -0.2) is 62.9 Å². The number of amides is 3. The number of carbonyl (C=O) groups excluding carboxylic acids is 3. The molecule has 0 aliphatic rings. The summed E-state index contributed by atoms with van der Waals surface area (Å²) in [5.74, 6) is -3.18. The number of benzene rings is 2. The number of H-pyrrole nitrogens is 2. The van der Waals surface area contributed by atoms with Gasteiger partial charge in [-0.25, -0.2) is 4.79 Å². The summed E-state index contributed by atoms with van der Waals surface area (Å²) in [6.45, 7) is 7.56. The average Bonchev–Trinajstić information content (AvgIpc) is 3.65. The number of carboxylic acids is 1. The van der Waals surface area contributed by atoms with Crippen LogP contribution in [0.25, 0.3) is 21.8 Å². The monoisotopic (exact) mass is 616 g/mol. The number of aromatic nitrogens is 2. The van der Waals surface area contributed by atoms with Gasteiger partial charge in [-0.1, -0.05) is 76.9 Å². The van der Waals surface area contributed by atoms with Crippen molar-refractivity contribution in [3.05, 3.63) is 72.1 Å². The van der Waals surface area contributed by atoms with E-state index < -0.39 is 47.9 Å². The van der Waals surface area contributed by atoms with Crippen LogP contribution in [0.3, 0.4) is 0 Å². The first kappa shape index (κ1) is 33.3. The molecule has 0 saturated heterocycles. The standard InChI is InChI=1S/C34H44N6O5/c1-5-19(3)29(35)32(42)40-30(20(4)6-2)33(43)38-27(15-21-17-36-25-13-9-7-11-23(21)25)31(41)39-28(34(44)45)16-22-18-37-26-14-10-8-12-24(22)26/h7-14,17-20,27-30,36-37H,5-6,15-16,35H2,1-4H3,(H,38,43)(H,39,41)(H,40,42)(H,44,45). The fourth-order valence-electron chi connectivity index (χ4n) is 5.45. The maximum atomic E-state index is 13.9. The third kappa shape index (κ3) is 7.91. The molecule has 240 valence electrons. The summed E-state index contributed by atoms with van der Waals surface area (Å²) in [6.07, 6.45) is 4.93. The lowest BCUT2D eigenvalue weighted by Gasteiger charge is -2.29. The van der Waals surface area contributed by atoms with Gasteiger partial charge in [0.2, 0.25) is 17.7 Å². The van der Waals surface area contributed by atoms with Gasteiger partial charge in [0.25, 0.3) is 0 Å². The van der Waals surface area contributed by atoms with Crippen molar-refractivity contribution in [1.29, 1.82) is 0 Å². The van der Waals surface area contributed by atoms with Gasteiger partial charge >= 0.3 is 5.97 Å². The van der Waals surface area contributed by atoms with Crippen LogP contribution in [0.5, 0.6) is 0 Å². The molecule has 11 heteroatoms. The predicted octanol–water partition coefficient (Wildman–Crippen LogP) is 3.39. The normalized spacial score (nSPS) is 15.5. The Labute approximate surface area is 262 Å². The van der Waals surface area contributed by atoms with Gasteiger partial charge in [-0.2, -0.15) is 0 Å². The fourth-order valence-corrected chi connectivity index (χ4v) is 5.45. The minimum absolute atomic E-state index is 0.0396. The van der Waals surface area contributed by atoms with E-state index in [1.165, 1.54) is 0 Å². The summed E-state index contributed by atoms with van der Waals surface area (Å²) in [5, 5.41) is 20.1. The number of aromatic amines is 2. The second-order valence-electron chi connectivity index (χ2n) is 11.9. The number of carbonyl (C=O) groups is 4. The zero-order valence-electron chi connectivity index (χ0n) is 26.2. The van der Waals surface area contributed by atoms with Gasteiger partial charge in [-0.15, -0.1) is 0 Å². The molecule has 11 nitrogen and oxygen atoms in total. The number of carboxylic acid groups (broad SMARTS) is 1. The van der Waals surface area contributed by atoms with Gasteiger partial charge in [0, 0.05) is 47.0 Å². The van der Waals surface area contributed by atoms with E-state index in [9.17, 15) is 24.3 Å². The predicted molar refractivity (Wildman–Crippen MR) is 174 cm³/mol. The Morgan fingerprint density at radius 1 is 0.711 bits per heavy atom. The summed E-state index contributed by atoms with van der Waals surface area (Å²) >= 11 is 0. The molecule has 6 atom stereocenters. The van der Waals surface area contributed by atoms with Crippen molar-refractivity contribution in [2.75, 3.05) is 0 Å². The highest BCUT2D eigenvalue weighted by atomic mass is 16.4. The zero-order valence-corrected chi connectivity index (χ0v) is 26.2. The molecule has 4 aromatic rings. The quantitative estimate of drug-likeness (QED) is 0.107. The molecule has 0 spiro atoms. The van der Waals surface area contributed by atoms with E-state index >= 15 is 0 Å². The SMILES string of the molecule is CCC(C)C(N)C(=O)NC(C(=O)NC(Cc1c[nH]c2ccccc12)C(=O)NC(Cc1c[nH]c2ccccc12)C(=O)O)C(C)CC. The highest BCUT2D eigenvalue weighted by Gasteiger charge is 2.34. The third-order valence-corrected chi connectivity index (χ3v) is 8.80. The molecule has 6 unspecified atom stereocenters. The van der Waals surface area contributed by atoms with Crippen LogP contribution >= 0.6 is 0 Å². The molecule has 45 heavy (non-hydrogen) atoms. The van der Waals surface area contributed by atoms with Crippen molar-refractivity contribution >= 4 is 45.5 Å². The van der Waals surface area contributed by atoms with Crippen molar-refractivity contribution in [2.45, 2.75) is 77.5 Å². The smallest absolute Gasteiger partial charge is 0.326 e. The minimum atomic E-state index is -1.25. The summed E-state index contributed by atoms with van der Waals surface area (Å²) in [6, 6.07) is 11.0. The summed E-state index contributed by atoms with van der Waals surface area (Å²) in [4.78, 5) is 59.3. The van der Waals surface area contributed by atoms with Gasteiger partial charge in [-0.3, -0.25) is 14.4 Å². The summed E-state index contributed by atoms with van der Waals surface area (Å²) in [7, 11) is 0. The Hall–Kier alpha value is -4.64. The van der Waals surface area contributed by atoms with Crippen molar-refractivity contribution in [1.82, 2.24) is 25.9 Å². The van der Waals surface area contributed by atoms with E-state index in [-0.39, 0.29) is 24.7 Å².